The van der Waals surface area contributed by atoms with Gasteiger partial charge in [0.05, 0.1) is 10.9 Å². The third-order valence-electron chi connectivity index (χ3n) is 4.53. The zero-order valence-electron chi connectivity index (χ0n) is 18.0. The van der Waals surface area contributed by atoms with Gasteiger partial charge in [0.25, 0.3) is 0 Å². The van der Waals surface area contributed by atoms with Gasteiger partial charge in [0, 0.05) is 25.0 Å². The number of halogens is 3. The fourth-order valence-corrected chi connectivity index (χ4v) is 3.97. The number of hydrogen-bond acceptors (Lipinski definition) is 4. The van der Waals surface area contributed by atoms with Gasteiger partial charge in [0.15, 0.2) is 0 Å². The van der Waals surface area contributed by atoms with Crippen LogP contribution >= 0.6 is 11.8 Å². The molecule has 0 radical (unpaired) electrons. The number of piperidine rings is 1. The average Bonchev–Trinajstić information content (AvgIpc) is 3.10. The van der Waals surface area contributed by atoms with Crippen LogP contribution in [-0.2, 0) is 18.0 Å². The van der Waals surface area contributed by atoms with Crippen LogP contribution in [0.25, 0.3) is 4.91 Å². The first-order valence-corrected chi connectivity index (χ1v) is 11.0. The monoisotopic (exact) mass is 434 g/mol. The van der Waals surface area contributed by atoms with Gasteiger partial charge >= 0.3 is 6.18 Å². The summed E-state index contributed by atoms with van der Waals surface area (Å²) in [7, 11) is 1.26. The van der Waals surface area contributed by atoms with E-state index in [1.807, 2.05) is 13.8 Å². The van der Waals surface area contributed by atoms with E-state index in [9.17, 15) is 18.0 Å². The zero-order chi connectivity index (χ0) is 22.0. The van der Waals surface area contributed by atoms with Crippen LogP contribution in [0.4, 0.5) is 13.2 Å². The molecule has 1 atom stereocenters. The van der Waals surface area contributed by atoms with E-state index in [2.05, 4.69) is 15.3 Å². The number of aryl methyl sites for hydroxylation is 1. The number of amides is 1. The van der Waals surface area contributed by atoms with E-state index in [4.69, 9.17) is 0 Å². The van der Waals surface area contributed by atoms with Crippen molar-refractivity contribution in [2.45, 2.75) is 58.4 Å². The van der Waals surface area contributed by atoms with Crippen molar-refractivity contribution in [3.63, 3.8) is 0 Å². The van der Waals surface area contributed by atoms with Crippen LogP contribution in [0.3, 0.4) is 0 Å². The summed E-state index contributed by atoms with van der Waals surface area (Å²) >= 11 is 1.22. The first-order chi connectivity index (χ1) is 13.7. The van der Waals surface area contributed by atoms with E-state index in [1.54, 1.807) is 19.9 Å². The van der Waals surface area contributed by atoms with E-state index in [1.165, 1.54) is 38.1 Å². The van der Waals surface area contributed by atoms with Crippen LogP contribution in [0.15, 0.2) is 12.1 Å². The second-order valence-corrected chi connectivity index (χ2v) is 8.03. The van der Waals surface area contributed by atoms with Crippen LogP contribution in [0.5, 0.6) is 0 Å². The number of allylic oxidation sites excluding steroid dienone is 1. The number of carbonyl (C=O) groups is 1. The Balaban J connectivity index is 0.00000204. The van der Waals surface area contributed by atoms with Gasteiger partial charge in [-0.2, -0.15) is 18.3 Å². The summed E-state index contributed by atoms with van der Waals surface area (Å²) in [6.07, 6.45) is 0.904. The number of rotatable bonds is 7. The Morgan fingerprint density at radius 1 is 1.31 bits per heavy atom. The van der Waals surface area contributed by atoms with Crippen molar-refractivity contribution in [3.8, 4) is 0 Å². The van der Waals surface area contributed by atoms with Crippen LogP contribution in [0.2, 0.25) is 0 Å². The third-order valence-corrected chi connectivity index (χ3v) is 5.80. The molecular weight excluding hydrogens is 401 g/mol. The number of likely N-dealkylation sites (tertiary alicyclic amines) is 1. The Hall–Kier alpha value is -1.48. The Morgan fingerprint density at radius 2 is 1.93 bits per heavy atom. The number of thioether (sulfide) groups is 1. The summed E-state index contributed by atoms with van der Waals surface area (Å²) in [4.78, 5) is 15.2. The molecular formula is C20H33F3N4OS. The molecule has 2 rings (SSSR count). The van der Waals surface area contributed by atoms with Gasteiger partial charge in [-0.05, 0) is 45.8 Å². The van der Waals surface area contributed by atoms with Gasteiger partial charge in [-0.25, -0.2) is 0 Å². The number of hydrogen-bond donors (Lipinski definition) is 1. The molecule has 1 aliphatic heterocycles. The van der Waals surface area contributed by atoms with Crippen molar-refractivity contribution in [2.75, 3.05) is 26.2 Å². The number of alkyl halides is 3. The predicted octanol–water partition coefficient (Wildman–Crippen LogP) is 4.55. The lowest BCUT2D eigenvalue weighted by Gasteiger charge is -2.26. The minimum atomic E-state index is -4.46. The second kappa shape index (κ2) is 12.3. The average molecular weight is 435 g/mol. The molecule has 0 aromatic carbocycles. The van der Waals surface area contributed by atoms with Gasteiger partial charge < -0.3 is 10.2 Å². The maximum atomic E-state index is 13.0. The highest BCUT2D eigenvalue weighted by Crippen LogP contribution is 2.35. The lowest BCUT2D eigenvalue weighted by atomic mass is 10.1. The maximum Gasteiger partial charge on any atom is 0.433 e. The molecule has 166 valence electrons. The summed E-state index contributed by atoms with van der Waals surface area (Å²) in [5, 5.41) is 6.45. The molecule has 1 N–H and O–H groups in total. The van der Waals surface area contributed by atoms with Crippen molar-refractivity contribution >= 4 is 22.6 Å². The van der Waals surface area contributed by atoms with Crippen molar-refractivity contribution in [1.82, 2.24) is 20.0 Å². The molecule has 1 unspecified atom stereocenters. The van der Waals surface area contributed by atoms with Gasteiger partial charge in [-0.3, -0.25) is 9.48 Å². The molecule has 1 aromatic heterocycles. The smallest absolute Gasteiger partial charge is 0.354 e. The van der Waals surface area contributed by atoms with Crippen LogP contribution in [0, 0.1) is 0 Å². The molecule has 29 heavy (non-hydrogen) atoms. The molecule has 5 nitrogen and oxygen atoms in total. The molecule has 0 spiro atoms. The summed E-state index contributed by atoms with van der Waals surface area (Å²) in [5.74, 6) is -0.122. The molecule has 0 bridgehead atoms. The number of nitrogens with zero attached hydrogens (tertiary/aromatic N) is 3. The lowest BCUT2D eigenvalue weighted by molar-refractivity contribution is -0.143. The number of aromatic nitrogens is 2. The molecule has 0 aliphatic carbocycles. The van der Waals surface area contributed by atoms with E-state index in [0.717, 1.165) is 30.4 Å². The fraction of sp³-hybridized carbons (Fsp3) is 0.700. The third kappa shape index (κ3) is 8.04. The van der Waals surface area contributed by atoms with Crippen LogP contribution in [-0.4, -0.2) is 52.0 Å². The minimum absolute atomic E-state index is 0.122. The van der Waals surface area contributed by atoms with Crippen molar-refractivity contribution in [3.05, 3.63) is 23.5 Å². The lowest BCUT2D eigenvalue weighted by Crippen LogP contribution is -2.39. The molecule has 9 heteroatoms. The number of nitrogens with one attached hydrogen (secondary N) is 1. The Bertz CT molecular complexity index is 667. The van der Waals surface area contributed by atoms with Gasteiger partial charge in [0.2, 0.25) is 5.91 Å². The Kier molecular flexibility index (Phi) is 10.8. The van der Waals surface area contributed by atoms with E-state index >= 15 is 0 Å². The van der Waals surface area contributed by atoms with Crippen LogP contribution < -0.4 is 5.32 Å². The van der Waals surface area contributed by atoms with Crippen molar-refractivity contribution in [1.29, 1.82) is 0 Å². The number of carbonyl (C=O) groups excluding carboxylic acids is 1. The zero-order valence-corrected chi connectivity index (χ0v) is 18.8. The molecule has 1 aromatic rings. The van der Waals surface area contributed by atoms with Gasteiger partial charge in [-0.1, -0.05) is 26.3 Å². The van der Waals surface area contributed by atoms with Crippen molar-refractivity contribution < 1.29 is 18.0 Å². The van der Waals surface area contributed by atoms with E-state index in [0.29, 0.717) is 11.4 Å². The van der Waals surface area contributed by atoms with Crippen molar-refractivity contribution in [2.24, 2.45) is 7.05 Å². The molecule has 1 amide bonds. The Labute approximate surface area is 176 Å². The second-order valence-electron chi connectivity index (χ2n) is 6.64. The molecule has 0 saturated carbocycles. The van der Waals surface area contributed by atoms with Gasteiger partial charge in [0.1, 0.15) is 5.69 Å². The minimum Gasteiger partial charge on any atom is -0.354 e. The summed E-state index contributed by atoms with van der Waals surface area (Å²) < 4.78 is 39.7. The highest BCUT2D eigenvalue weighted by molar-refractivity contribution is 8.09. The largest absolute Gasteiger partial charge is 0.433 e. The molecule has 1 aliphatic rings. The fourth-order valence-electron chi connectivity index (χ4n) is 3.04. The molecule has 1 saturated heterocycles. The topological polar surface area (TPSA) is 50.2 Å². The first-order valence-electron chi connectivity index (χ1n) is 10.2. The first kappa shape index (κ1) is 25.6. The van der Waals surface area contributed by atoms with Gasteiger partial charge in [-0.15, -0.1) is 11.8 Å². The highest BCUT2D eigenvalue weighted by atomic mass is 32.2. The SMILES string of the molecule is C/C=C(\SC(C)C(=O)NCCN1CCCCC1)c1cc(C(F)(F)F)n(C)n1.CC. The maximum absolute atomic E-state index is 13.0. The predicted molar refractivity (Wildman–Crippen MR) is 114 cm³/mol. The quantitative estimate of drug-likeness (QED) is 0.684. The highest BCUT2D eigenvalue weighted by Gasteiger charge is 2.35. The van der Waals surface area contributed by atoms with Crippen LogP contribution in [0.1, 0.15) is 58.3 Å². The molecule has 2 heterocycles. The summed E-state index contributed by atoms with van der Waals surface area (Å²) in [5.41, 5.74) is -0.582. The van der Waals surface area contributed by atoms with E-state index in [-0.39, 0.29) is 11.6 Å². The normalized spacial score (nSPS) is 16.8. The molecule has 1 fully saturated rings. The Morgan fingerprint density at radius 3 is 2.45 bits per heavy atom. The van der Waals surface area contributed by atoms with E-state index < -0.39 is 17.1 Å². The standard InChI is InChI=1S/C18H27F3N4OS.C2H6/c1-4-15(14-12-16(18(19,20)21)24(3)23-14)27-13(2)17(26)22-8-11-25-9-6-5-7-10-25;1-2/h4,12-13H,5-11H2,1-3H3,(H,22,26);1-2H3/b15-4-;. The summed E-state index contributed by atoms with van der Waals surface area (Å²) in [6.45, 7) is 11.0. The summed E-state index contributed by atoms with van der Waals surface area (Å²) in [6, 6.07) is 1.02.